The third kappa shape index (κ3) is 5.02. The predicted molar refractivity (Wildman–Crippen MR) is 117 cm³/mol. The molecule has 4 rings (SSSR count). The van der Waals surface area contributed by atoms with Crippen molar-refractivity contribution in [3.63, 3.8) is 0 Å². The van der Waals surface area contributed by atoms with E-state index >= 15 is 0 Å². The van der Waals surface area contributed by atoms with Crippen molar-refractivity contribution in [1.82, 2.24) is 19.8 Å². The molecule has 0 unspecified atom stereocenters. The molecule has 0 aliphatic carbocycles. The summed E-state index contributed by atoms with van der Waals surface area (Å²) in [4.78, 5) is 38.5. The molecule has 8 heteroatoms. The van der Waals surface area contributed by atoms with E-state index in [4.69, 9.17) is 4.74 Å². The molecule has 2 fully saturated rings. The van der Waals surface area contributed by atoms with E-state index in [1.807, 2.05) is 11.8 Å². The first kappa shape index (κ1) is 21.2. The quantitative estimate of drug-likeness (QED) is 0.768. The number of likely N-dealkylation sites (tertiary alicyclic amines) is 2. The molecule has 2 aliphatic heterocycles. The van der Waals surface area contributed by atoms with Gasteiger partial charge in [-0.15, -0.1) is 0 Å². The van der Waals surface area contributed by atoms with Crippen LogP contribution in [0, 0.1) is 6.92 Å². The van der Waals surface area contributed by atoms with Gasteiger partial charge in [0.2, 0.25) is 5.91 Å². The van der Waals surface area contributed by atoms with Crippen LogP contribution in [0.5, 0.6) is 5.75 Å². The predicted octanol–water partition coefficient (Wildman–Crippen LogP) is 2.46. The lowest BCUT2D eigenvalue weighted by molar-refractivity contribution is -0.131. The largest absolute Gasteiger partial charge is 0.497 e. The number of methoxy groups -OCH3 is 1. The van der Waals surface area contributed by atoms with Gasteiger partial charge in [0.1, 0.15) is 11.6 Å². The highest BCUT2D eigenvalue weighted by Crippen LogP contribution is 2.26. The van der Waals surface area contributed by atoms with Crippen LogP contribution in [0.15, 0.2) is 30.5 Å². The van der Waals surface area contributed by atoms with Crippen LogP contribution in [-0.4, -0.2) is 71.4 Å². The monoisotopic (exact) mass is 423 g/mol. The van der Waals surface area contributed by atoms with Crippen molar-refractivity contribution in [3.05, 3.63) is 47.5 Å². The van der Waals surface area contributed by atoms with E-state index in [0.717, 1.165) is 31.8 Å². The molecule has 3 heterocycles. The van der Waals surface area contributed by atoms with Gasteiger partial charge in [0.25, 0.3) is 5.91 Å². The van der Waals surface area contributed by atoms with Crippen LogP contribution in [0.1, 0.15) is 47.1 Å². The summed E-state index contributed by atoms with van der Waals surface area (Å²) >= 11 is 0. The minimum Gasteiger partial charge on any atom is -0.497 e. The van der Waals surface area contributed by atoms with Crippen LogP contribution >= 0.6 is 0 Å². The number of nitrogens with one attached hydrogen (secondary N) is 1. The van der Waals surface area contributed by atoms with Crippen LogP contribution < -0.4 is 10.1 Å². The minimum absolute atomic E-state index is 0.111. The van der Waals surface area contributed by atoms with Crippen LogP contribution in [0.4, 0.5) is 5.69 Å². The highest BCUT2D eigenvalue weighted by atomic mass is 16.5. The SMILES string of the molecule is COc1ccc(NC(=O)c2cnc([C@H]3CCN(C(=O)CN4CCCC4)C3)nc2C)cc1. The van der Waals surface area contributed by atoms with Gasteiger partial charge in [-0.3, -0.25) is 14.5 Å². The second-order valence-electron chi connectivity index (χ2n) is 8.22. The fourth-order valence-corrected chi connectivity index (χ4v) is 4.21. The average molecular weight is 424 g/mol. The molecule has 1 aromatic carbocycles. The Morgan fingerprint density at radius 1 is 1.16 bits per heavy atom. The number of carbonyl (C=O) groups excluding carboxylic acids is 2. The normalized spacial score (nSPS) is 18.9. The number of hydrogen-bond acceptors (Lipinski definition) is 6. The highest BCUT2D eigenvalue weighted by Gasteiger charge is 2.30. The molecule has 164 valence electrons. The van der Waals surface area contributed by atoms with Gasteiger partial charge in [-0.25, -0.2) is 9.97 Å². The van der Waals surface area contributed by atoms with Crippen LogP contribution in [0.2, 0.25) is 0 Å². The number of rotatable bonds is 6. The Kier molecular flexibility index (Phi) is 6.46. The fraction of sp³-hybridized carbons (Fsp3) is 0.478. The molecule has 0 radical (unpaired) electrons. The lowest BCUT2D eigenvalue weighted by Gasteiger charge is -2.20. The van der Waals surface area contributed by atoms with Crippen molar-refractivity contribution >= 4 is 17.5 Å². The Bertz CT molecular complexity index is 941. The van der Waals surface area contributed by atoms with Crippen molar-refractivity contribution < 1.29 is 14.3 Å². The Labute approximate surface area is 182 Å². The number of nitrogens with zero attached hydrogens (tertiary/aromatic N) is 4. The van der Waals surface area contributed by atoms with Gasteiger partial charge in [-0.2, -0.15) is 0 Å². The molecule has 8 nitrogen and oxygen atoms in total. The molecule has 2 aliphatic rings. The Morgan fingerprint density at radius 3 is 2.58 bits per heavy atom. The zero-order valence-electron chi connectivity index (χ0n) is 18.1. The molecular formula is C23H29N5O3. The molecule has 2 amide bonds. The lowest BCUT2D eigenvalue weighted by atomic mass is 10.1. The number of carbonyl (C=O) groups is 2. The summed E-state index contributed by atoms with van der Waals surface area (Å²) in [7, 11) is 1.60. The summed E-state index contributed by atoms with van der Waals surface area (Å²) in [5.41, 5.74) is 1.76. The molecule has 1 aromatic heterocycles. The summed E-state index contributed by atoms with van der Waals surface area (Å²) < 4.78 is 5.14. The number of ether oxygens (including phenoxy) is 1. The number of aryl methyl sites for hydroxylation is 1. The first-order chi connectivity index (χ1) is 15.0. The van der Waals surface area contributed by atoms with Crippen LogP contribution in [0.25, 0.3) is 0 Å². The van der Waals surface area contributed by atoms with Gasteiger partial charge in [-0.05, 0) is 63.5 Å². The number of hydrogen-bond donors (Lipinski definition) is 1. The smallest absolute Gasteiger partial charge is 0.259 e. The Hall–Kier alpha value is -3.00. The molecule has 1 atom stereocenters. The average Bonchev–Trinajstić information content (AvgIpc) is 3.46. The van der Waals surface area contributed by atoms with Crippen molar-refractivity contribution in [3.8, 4) is 5.75 Å². The zero-order valence-corrected chi connectivity index (χ0v) is 18.1. The van der Waals surface area contributed by atoms with Crippen LogP contribution in [-0.2, 0) is 4.79 Å². The molecule has 31 heavy (non-hydrogen) atoms. The number of amides is 2. The maximum absolute atomic E-state index is 12.6. The van der Waals surface area contributed by atoms with Crippen molar-refractivity contribution in [2.24, 2.45) is 0 Å². The topological polar surface area (TPSA) is 87.7 Å². The minimum atomic E-state index is -0.247. The van der Waals surface area contributed by atoms with Crippen molar-refractivity contribution in [2.75, 3.05) is 45.2 Å². The Balaban J connectivity index is 1.36. The summed E-state index contributed by atoms with van der Waals surface area (Å²) in [6.07, 6.45) is 4.80. The van der Waals surface area contributed by atoms with E-state index in [0.29, 0.717) is 35.9 Å². The second kappa shape index (κ2) is 9.43. The summed E-state index contributed by atoms with van der Waals surface area (Å²) in [5.74, 6) is 1.49. The maximum atomic E-state index is 12.6. The summed E-state index contributed by atoms with van der Waals surface area (Å²) in [6, 6.07) is 7.15. The van der Waals surface area contributed by atoms with E-state index in [9.17, 15) is 9.59 Å². The summed E-state index contributed by atoms with van der Waals surface area (Å²) in [5, 5.41) is 2.86. The summed E-state index contributed by atoms with van der Waals surface area (Å²) in [6.45, 7) is 5.75. The third-order valence-corrected chi connectivity index (χ3v) is 6.05. The van der Waals surface area contributed by atoms with Crippen molar-refractivity contribution in [1.29, 1.82) is 0 Å². The number of benzene rings is 1. The van der Waals surface area contributed by atoms with E-state index in [2.05, 4.69) is 20.2 Å². The van der Waals surface area contributed by atoms with Gasteiger partial charge >= 0.3 is 0 Å². The molecule has 0 bridgehead atoms. The maximum Gasteiger partial charge on any atom is 0.259 e. The standard InChI is InChI=1S/C23H29N5O3/c1-16-20(23(30)26-18-5-7-19(31-2)8-6-18)13-24-22(25-16)17-9-12-28(14-17)21(29)15-27-10-3-4-11-27/h5-8,13,17H,3-4,9-12,14-15H2,1-2H3,(H,26,30)/t17-/m0/s1. The van der Waals surface area contributed by atoms with Gasteiger partial charge < -0.3 is 15.0 Å². The fourth-order valence-electron chi connectivity index (χ4n) is 4.21. The zero-order chi connectivity index (χ0) is 21.8. The van der Waals surface area contributed by atoms with Gasteiger partial charge in [-0.1, -0.05) is 0 Å². The van der Waals surface area contributed by atoms with E-state index in [-0.39, 0.29) is 17.7 Å². The van der Waals surface area contributed by atoms with E-state index < -0.39 is 0 Å². The van der Waals surface area contributed by atoms with Gasteiger partial charge in [0.05, 0.1) is 24.9 Å². The Morgan fingerprint density at radius 2 is 1.90 bits per heavy atom. The molecular weight excluding hydrogens is 394 g/mol. The third-order valence-electron chi connectivity index (χ3n) is 6.05. The number of anilines is 1. The van der Waals surface area contributed by atoms with Gasteiger partial charge in [0, 0.05) is 30.9 Å². The molecule has 0 saturated carbocycles. The van der Waals surface area contributed by atoms with Gasteiger partial charge in [0.15, 0.2) is 0 Å². The van der Waals surface area contributed by atoms with Crippen molar-refractivity contribution in [2.45, 2.75) is 32.1 Å². The highest BCUT2D eigenvalue weighted by molar-refractivity contribution is 6.04. The lowest BCUT2D eigenvalue weighted by Crippen LogP contribution is -2.38. The first-order valence-corrected chi connectivity index (χ1v) is 10.8. The van der Waals surface area contributed by atoms with Crippen LogP contribution in [0.3, 0.4) is 0 Å². The molecule has 2 saturated heterocycles. The molecule has 0 spiro atoms. The molecule has 1 N–H and O–H groups in total. The number of aromatic nitrogens is 2. The van der Waals surface area contributed by atoms with E-state index in [1.165, 1.54) is 12.8 Å². The first-order valence-electron chi connectivity index (χ1n) is 10.8. The molecule has 2 aromatic rings. The second-order valence-corrected chi connectivity index (χ2v) is 8.22. The van der Waals surface area contributed by atoms with E-state index in [1.54, 1.807) is 37.6 Å².